The Kier molecular flexibility index (Phi) is 5.13. The Morgan fingerprint density at radius 2 is 2.09 bits per heavy atom. The van der Waals surface area contributed by atoms with Gasteiger partial charge in [-0.15, -0.1) is 0 Å². The number of methoxy groups -OCH3 is 1. The first-order chi connectivity index (χ1) is 11.2. The molecule has 2 saturated heterocycles. The normalized spacial score (nSPS) is 20.5. The molecule has 0 aromatic carbocycles. The number of hydrogen-bond acceptors (Lipinski definition) is 5. The van der Waals surface area contributed by atoms with Gasteiger partial charge in [0, 0.05) is 32.9 Å². The van der Waals surface area contributed by atoms with E-state index in [1.807, 2.05) is 18.3 Å². The maximum Gasteiger partial charge on any atom is 0.252 e. The number of carbonyl (C=O) groups is 1. The molecule has 3 heterocycles. The van der Waals surface area contributed by atoms with Crippen LogP contribution in [0.1, 0.15) is 31.2 Å². The van der Waals surface area contributed by atoms with Crippen LogP contribution >= 0.6 is 0 Å². The highest BCUT2D eigenvalue weighted by Crippen LogP contribution is 2.23. The minimum atomic E-state index is -0.686. The lowest BCUT2D eigenvalue weighted by Crippen LogP contribution is -2.53. The molecule has 23 heavy (non-hydrogen) atoms. The number of anilines is 1. The molecule has 3 rings (SSSR count). The van der Waals surface area contributed by atoms with Crippen molar-refractivity contribution < 1.29 is 9.53 Å². The maximum atomic E-state index is 12.5. The molecule has 0 spiro atoms. The minimum Gasteiger partial charge on any atom is -0.368 e. The van der Waals surface area contributed by atoms with Gasteiger partial charge in [0.1, 0.15) is 11.4 Å². The van der Waals surface area contributed by atoms with E-state index in [9.17, 15) is 4.79 Å². The van der Waals surface area contributed by atoms with Gasteiger partial charge in [-0.25, -0.2) is 4.98 Å². The molecule has 1 aromatic heterocycles. The fourth-order valence-corrected chi connectivity index (χ4v) is 3.35. The van der Waals surface area contributed by atoms with Crippen molar-refractivity contribution in [3.63, 3.8) is 0 Å². The van der Waals surface area contributed by atoms with Crippen LogP contribution in [0.5, 0.6) is 0 Å². The number of amides is 1. The second kappa shape index (κ2) is 7.27. The summed E-state index contributed by atoms with van der Waals surface area (Å²) in [6.45, 7) is 4.30. The van der Waals surface area contributed by atoms with Crippen LogP contribution in [0.4, 0.5) is 5.82 Å². The zero-order chi connectivity index (χ0) is 16.1. The van der Waals surface area contributed by atoms with Gasteiger partial charge in [-0.3, -0.25) is 4.79 Å². The van der Waals surface area contributed by atoms with E-state index in [2.05, 4.69) is 20.5 Å². The monoisotopic (exact) mass is 318 g/mol. The quantitative estimate of drug-likeness (QED) is 0.850. The molecule has 1 aromatic rings. The standard InChI is InChI=1S/C17H26N4O2/c1-23-17(6-8-18-9-7-17)16(22)20-13-14-4-5-15(19-12-14)21-10-2-3-11-21/h4-5,12,18H,2-3,6-11,13H2,1H3,(H,20,22). The second-order valence-corrected chi connectivity index (χ2v) is 6.35. The van der Waals surface area contributed by atoms with Gasteiger partial charge in [0.05, 0.1) is 0 Å². The second-order valence-electron chi connectivity index (χ2n) is 6.35. The highest BCUT2D eigenvalue weighted by atomic mass is 16.5. The van der Waals surface area contributed by atoms with Crippen LogP contribution in [0.2, 0.25) is 0 Å². The first-order valence-corrected chi connectivity index (χ1v) is 8.48. The lowest BCUT2D eigenvalue weighted by Gasteiger charge is -2.34. The first-order valence-electron chi connectivity index (χ1n) is 8.48. The Labute approximate surface area is 137 Å². The molecule has 0 radical (unpaired) electrons. The molecule has 2 aliphatic rings. The molecular formula is C17H26N4O2. The molecule has 1 amide bonds. The van der Waals surface area contributed by atoms with Crippen molar-refractivity contribution in [3.05, 3.63) is 23.9 Å². The smallest absolute Gasteiger partial charge is 0.252 e. The van der Waals surface area contributed by atoms with Crippen LogP contribution in [0.3, 0.4) is 0 Å². The Morgan fingerprint density at radius 1 is 1.35 bits per heavy atom. The van der Waals surface area contributed by atoms with Crippen LogP contribution in [-0.2, 0) is 16.1 Å². The van der Waals surface area contributed by atoms with E-state index in [4.69, 9.17) is 4.74 Å². The summed E-state index contributed by atoms with van der Waals surface area (Å²) < 4.78 is 5.54. The summed E-state index contributed by atoms with van der Waals surface area (Å²) >= 11 is 0. The third-order valence-corrected chi connectivity index (χ3v) is 4.91. The van der Waals surface area contributed by atoms with Gasteiger partial charge >= 0.3 is 0 Å². The zero-order valence-electron chi connectivity index (χ0n) is 13.8. The Morgan fingerprint density at radius 3 is 2.70 bits per heavy atom. The molecule has 0 atom stereocenters. The van der Waals surface area contributed by atoms with Crippen LogP contribution in [0.15, 0.2) is 18.3 Å². The van der Waals surface area contributed by atoms with E-state index in [1.54, 1.807) is 7.11 Å². The fourth-order valence-electron chi connectivity index (χ4n) is 3.35. The molecule has 6 heteroatoms. The minimum absolute atomic E-state index is 0.0230. The average molecular weight is 318 g/mol. The van der Waals surface area contributed by atoms with Gasteiger partial charge < -0.3 is 20.3 Å². The molecule has 2 N–H and O–H groups in total. The number of carbonyl (C=O) groups excluding carboxylic acids is 1. The number of nitrogens with zero attached hydrogens (tertiary/aromatic N) is 2. The maximum absolute atomic E-state index is 12.5. The number of hydrogen-bond donors (Lipinski definition) is 2. The van der Waals surface area contributed by atoms with Crippen LogP contribution in [0, 0.1) is 0 Å². The van der Waals surface area contributed by atoms with E-state index in [-0.39, 0.29) is 5.91 Å². The van der Waals surface area contributed by atoms with E-state index in [1.165, 1.54) is 12.8 Å². The highest BCUT2D eigenvalue weighted by molar-refractivity contribution is 5.85. The summed E-state index contributed by atoms with van der Waals surface area (Å²) in [6, 6.07) is 4.09. The van der Waals surface area contributed by atoms with Crippen molar-refractivity contribution in [1.29, 1.82) is 0 Å². The van der Waals surface area contributed by atoms with Gasteiger partial charge in [0.2, 0.25) is 0 Å². The predicted octanol–water partition coefficient (Wildman–Crippen LogP) is 1.07. The Hall–Kier alpha value is -1.66. The Balaban J connectivity index is 1.55. The third kappa shape index (κ3) is 3.64. The first kappa shape index (κ1) is 16.2. The molecule has 6 nitrogen and oxygen atoms in total. The number of pyridine rings is 1. The summed E-state index contributed by atoms with van der Waals surface area (Å²) in [5.41, 5.74) is 0.329. The number of aromatic nitrogens is 1. The molecule has 2 aliphatic heterocycles. The zero-order valence-corrected chi connectivity index (χ0v) is 13.8. The molecule has 2 fully saturated rings. The summed E-state index contributed by atoms with van der Waals surface area (Å²) in [5, 5.41) is 6.26. The van der Waals surface area contributed by atoms with Crippen molar-refractivity contribution in [1.82, 2.24) is 15.6 Å². The lowest BCUT2D eigenvalue weighted by atomic mass is 9.91. The average Bonchev–Trinajstić information content (AvgIpc) is 3.15. The van der Waals surface area contributed by atoms with Gasteiger partial charge in [-0.1, -0.05) is 6.07 Å². The van der Waals surface area contributed by atoms with Crippen molar-refractivity contribution in [2.24, 2.45) is 0 Å². The summed E-state index contributed by atoms with van der Waals surface area (Å²) in [6.07, 6.45) is 5.76. The Bertz CT molecular complexity index is 520. The van der Waals surface area contributed by atoms with Crippen molar-refractivity contribution in [3.8, 4) is 0 Å². The number of piperidine rings is 1. The molecular weight excluding hydrogens is 292 g/mol. The molecule has 0 aliphatic carbocycles. The van der Waals surface area contributed by atoms with Gasteiger partial charge in [0.15, 0.2) is 0 Å². The molecule has 0 unspecified atom stereocenters. The number of nitrogens with one attached hydrogen (secondary N) is 2. The fraction of sp³-hybridized carbons (Fsp3) is 0.647. The van der Waals surface area contributed by atoms with Crippen molar-refractivity contribution in [2.45, 2.75) is 37.8 Å². The summed E-state index contributed by atoms with van der Waals surface area (Å²) in [5.74, 6) is 1.01. The van der Waals surface area contributed by atoms with E-state index >= 15 is 0 Å². The van der Waals surface area contributed by atoms with E-state index in [0.717, 1.165) is 37.6 Å². The van der Waals surface area contributed by atoms with Crippen molar-refractivity contribution >= 4 is 11.7 Å². The van der Waals surface area contributed by atoms with Crippen molar-refractivity contribution in [2.75, 3.05) is 38.2 Å². The topological polar surface area (TPSA) is 66.5 Å². The van der Waals surface area contributed by atoms with E-state index < -0.39 is 5.60 Å². The summed E-state index contributed by atoms with van der Waals surface area (Å²) in [4.78, 5) is 19.3. The highest BCUT2D eigenvalue weighted by Gasteiger charge is 2.39. The van der Waals surface area contributed by atoms with E-state index in [0.29, 0.717) is 19.4 Å². The molecule has 126 valence electrons. The molecule has 0 bridgehead atoms. The van der Waals surface area contributed by atoms with Gasteiger partial charge in [0.25, 0.3) is 5.91 Å². The lowest BCUT2D eigenvalue weighted by molar-refractivity contribution is -0.146. The van der Waals surface area contributed by atoms with Gasteiger partial charge in [-0.05, 0) is 50.4 Å². The number of ether oxygens (including phenoxy) is 1. The largest absolute Gasteiger partial charge is 0.368 e. The summed E-state index contributed by atoms with van der Waals surface area (Å²) in [7, 11) is 1.62. The van der Waals surface area contributed by atoms with Crippen LogP contribution in [0.25, 0.3) is 0 Å². The molecule has 0 saturated carbocycles. The SMILES string of the molecule is COC1(C(=O)NCc2ccc(N3CCCC3)nc2)CCNCC1. The number of rotatable bonds is 5. The van der Waals surface area contributed by atoms with Crippen LogP contribution in [-0.4, -0.2) is 49.8 Å². The van der Waals surface area contributed by atoms with Crippen LogP contribution < -0.4 is 15.5 Å². The van der Waals surface area contributed by atoms with Gasteiger partial charge in [-0.2, -0.15) is 0 Å². The predicted molar refractivity (Wildman–Crippen MR) is 89.4 cm³/mol. The third-order valence-electron chi connectivity index (χ3n) is 4.91.